The van der Waals surface area contributed by atoms with Gasteiger partial charge in [-0.2, -0.15) is 39.5 Å². The smallest absolute Gasteiger partial charge is 0.460 e. The van der Waals surface area contributed by atoms with Crippen LogP contribution in [0.4, 0.5) is 39.5 Å². The summed E-state index contributed by atoms with van der Waals surface area (Å²) in [4.78, 5) is 0. The van der Waals surface area contributed by atoms with Gasteiger partial charge in [0.05, 0.1) is 6.61 Å². The molecule has 1 aliphatic carbocycles. The van der Waals surface area contributed by atoms with Crippen molar-refractivity contribution in [2.24, 2.45) is 5.92 Å². The summed E-state index contributed by atoms with van der Waals surface area (Å²) in [5.41, 5.74) is 0.745. The zero-order chi connectivity index (χ0) is 23.5. The number of halogens is 9. The number of rotatable bonds is 9. The highest BCUT2D eigenvalue weighted by Gasteiger charge is 2.82. The minimum absolute atomic E-state index is 0.0232. The van der Waals surface area contributed by atoms with E-state index in [9.17, 15) is 39.5 Å². The van der Waals surface area contributed by atoms with Gasteiger partial charge < -0.3 is 4.74 Å². The first kappa shape index (κ1) is 25.6. The summed E-state index contributed by atoms with van der Waals surface area (Å²) in [6.07, 6.45) is -5.03. The minimum Gasteiger partial charge on any atom is -0.494 e. The van der Waals surface area contributed by atoms with E-state index in [-0.39, 0.29) is 18.8 Å². The second kappa shape index (κ2) is 9.48. The van der Waals surface area contributed by atoms with Crippen LogP contribution in [0.25, 0.3) is 0 Å². The summed E-state index contributed by atoms with van der Waals surface area (Å²) in [6.45, 7) is 2.60. The zero-order valence-electron chi connectivity index (χ0n) is 16.9. The molecule has 178 valence electrons. The van der Waals surface area contributed by atoms with Crippen molar-refractivity contribution in [1.29, 1.82) is 0 Å². The first-order valence-electron chi connectivity index (χ1n) is 10.2. The number of benzene rings is 1. The predicted molar refractivity (Wildman–Crippen MR) is 97.1 cm³/mol. The summed E-state index contributed by atoms with van der Waals surface area (Å²) < 4.78 is 124. The molecule has 10 heteroatoms. The van der Waals surface area contributed by atoms with Gasteiger partial charge in [-0.1, -0.05) is 31.9 Å². The lowest BCUT2D eigenvalue weighted by molar-refractivity contribution is -0.404. The Hall–Kier alpha value is -1.61. The molecule has 1 saturated carbocycles. The van der Waals surface area contributed by atoms with Crippen molar-refractivity contribution >= 4 is 0 Å². The summed E-state index contributed by atoms with van der Waals surface area (Å²) in [7, 11) is 0. The van der Waals surface area contributed by atoms with Gasteiger partial charge in [0.25, 0.3) is 0 Å². The normalized spacial score (nSPS) is 21.2. The summed E-state index contributed by atoms with van der Waals surface area (Å²) in [6, 6.07) is 6.81. The van der Waals surface area contributed by atoms with Crippen molar-refractivity contribution < 1.29 is 44.3 Å². The van der Waals surface area contributed by atoms with E-state index in [1.54, 1.807) is 24.3 Å². The van der Waals surface area contributed by atoms with Crippen molar-refractivity contribution in [3.63, 3.8) is 0 Å². The van der Waals surface area contributed by atoms with E-state index in [0.29, 0.717) is 12.4 Å². The molecule has 1 aliphatic rings. The van der Waals surface area contributed by atoms with E-state index in [1.807, 2.05) is 0 Å². The first-order chi connectivity index (χ1) is 14.3. The fourth-order valence-corrected chi connectivity index (χ4v) is 3.81. The second-order valence-electron chi connectivity index (χ2n) is 7.94. The van der Waals surface area contributed by atoms with Crippen LogP contribution in [0.2, 0.25) is 0 Å². The Bertz CT molecular complexity index is 690. The number of hydrogen-bond acceptors (Lipinski definition) is 1. The van der Waals surface area contributed by atoms with Gasteiger partial charge in [0.2, 0.25) is 0 Å². The van der Waals surface area contributed by atoms with E-state index in [2.05, 4.69) is 6.92 Å². The number of unbranched alkanes of at least 4 members (excludes halogenated alkanes) is 2. The van der Waals surface area contributed by atoms with E-state index in [1.165, 1.54) is 0 Å². The summed E-state index contributed by atoms with van der Waals surface area (Å²) in [5, 5.41) is 0. The molecular formula is C21H25F9O. The topological polar surface area (TPSA) is 9.23 Å². The maximum absolute atomic E-state index is 14.1. The summed E-state index contributed by atoms with van der Waals surface area (Å²) in [5.74, 6) is -20.8. The Balaban J connectivity index is 2.00. The largest absolute Gasteiger partial charge is 0.494 e. The molecule has 1 nitrogen and oxygen atoms in total. The average Bonchev–Trinajstić information content (AvgIpc) is 2.70. The molecule has 1 aromatic rings. The second-order valence-corrected chi connectivity index (χ2v) is 7.94. The lowest BCUT2D eigenvalue weighted by Crippen LogP contribution is -2.63. The third kappa shape index (κ3) is 5.25. The van der Waals surface area contributed by atoms with Crippen molar-refractivity contribution in [3.8, 4) is 5.75 Å². The fraction of sp³-hybridized carbons (Fsp3) is 0.714. The first-order valence-corrected chi connectivity index (χ1v) is 10.2. The van der Waals surface area contributed by atoms with Gasteiger partial charge in [-0.05, 0) is 55.7 Å². The van der Waals surface area contributed by atoms with E-state index >= 15 is 0 Å². The van der Waals surface area contributed by atoms with Crippen molar-refractivity contribution in [2.45, 2.75) is 81.7 Å². The van der Waals surface area contributed by atoms with Crippen LogP contribution in [-0.2, 0) is 0 Å². The lowest BCUT2D eigenvalue weighted by Gasteiger charge is -2.40. The Morgan fingerprint density at radius 3 is 1.81 bits per heavy atom. The van der Waals surface area contributed by atoms with Gasteiger partial charge in [0, 0.05) is 5.92 Å². The molecule has 0 N–H and O–H groups in total. The molecule has 31 heavy (non-hydrogen) atoms. The van der Waals surface area contributed by atoms with E-state index in [0.717, 1.165) is 24.8 Å². The van der Waals surface area contributed by atoms with Crippen LogP contribution in [-0.4, -0.2) is 30.6 Å². The Labute approximate surface area is 175 Å². The van der Waals surface area contributed by atoms with Crippen molar-refractivity contribution in [2.75, 3.05) is 6.61 Å². The maximum Gasteiger partial charge on any atom is 0.460 e. The van der Waals surface area contributed by atoms with Gasteiger partial charge >= 0.3 is 23.9 Å². The standard InChI is InChI=1S/C21H25F9O/c1-2-3-4-13-31-17-11-7-15(8-12-17)14-5-9-16(10-6-14)18(22,23)19(24,25)20(26,27)21(28,29)30/h7-8,11-12,14,16H,2-6,9-10,13H2,1H3. The highest BCUT2D eigenvalue weighted by Crippen LogP contribution is 2.57. The monoisotopic (exact) mass is 464 g/mol. The average molecular weight is 464 g/mol. The van der Waals surface area contributed by atoms with Gasteiger partial charge in [-0.3, -0.25) is 0 Å². The van der Waals surface area contributed by atoms with Gasteiger partial charge in [-0.25, -0.2) is 0 Å². The Morgan fingerprint density at radius 2 is 1.32 bits per heavy atom. The third-order valence-electron chi connectivity index (χ3n) is 5.78. The van der Waals surface area contributed by atoms with E-state index < -0.39 is 42.7 Å². The SMILES string of the molecule is CCCCCOc1ccc(C2CCC(C(F)(F)C(F)(F)C(F)(F)C(F)(F)F)CC2)cc1. The molecule has 0 unspecified atom stereocenters. The zero-order valence-corrected chi connectivity index (χ0v) is 16.9. The quantitative estimate of drug-likeness (QED) is 0.266. The predicted octanol–water partition coefficient (Wildman–Crippen LogP) is 8.00. The van der Waals surface area contributed by atoms with Crippen LogP contribution >= 0.6 is 0 Å². The maximum atomic E-state index is 14.1. The number of ether oxygens (including phenoxy) is 1. The van der Waals surface area contributed by atoms with Crippen LogP contribution in [0.1, 0.15) is 63.4 Å². The van der Waals surface area contributed by atoms with Gasteiger partial charge in [0.1, 0.15) is 5.75 Å². The molecule has 0 saturated heterocycles. The molecule has 0 bridgehead atoms. The van der Waals surface area contributed by atoms with Crippen LogP contribution in [0.5, 0.6) is 5.75 Å². The number of alkyl halides is 9. The summed E-state index contributed by atoms with van der Waals surface area (Å²) >= 11 is 0. The third-order valence-corrected chi connectivity index (χ3v) is 5.78. The molecule has 0 heterocycles. The van der Waals surface area contributed by atoms with Gasteiger partial charge in [-0.15, -0.1) is 0 Å². The van der Waals surface area contributed by atoms with Gasteiger partial charge in [0.15, 0.2) is 0 Å². The molecule has 1 aromatic carbocycles. The molecule has 0 aromatic heterocycles. The van der Waals surface area contributed by atoms with Crippen LogP contribution in [0, 0.1) is 5.92 Å². The highest BCUT2D eigenvalue weighted by atomic mass is 19.4. The minimum atomic E-state index is -6.83. The molecule has 0 aliphatic heterocycles. The van der Waals surface area contributed by atoms with Crippen LogP contribution in [0.15, 0.2) is 24.3 Å². The lowest BCUT2D eigenvalue weighted by atomic mass is 9.74. The molecule has 0 amide bonds. The van der Waals surface area contributed by atoms with Crippen molar-refractivity contribution in [3.05, 3.63) is 29.8 Å². The molecule has 0 radical (unpaired) electrons. The fourth-order valence-electron chi connectivity index (χ4n) is 3.81. The molecule has 0 spiro atoms. The molecule has 0 atom stereocenters. The molecule has 2 rings (SSSR count). The number of hydrogen-bond donors (Lipinski definition) is 0. The van der Waals surface area contributed by atoms with Crippen LogP contribution in [0.3, 0.4) is 0 Å². The van der Waals surface area contributed by atoms with Crippen molar-refractivity contribution in [1.82, 2.24) is 0 Å². The molecule has 1 fully saturated rings. The highest BCUT2D eigenvalue weighted by molar-refractivity contribution is 5.29. The Morgan fingerprint density at radius 1 is 0.774 bits per heavy atom. The van der Waals surface area contributed by atoms with Crippen LogP contribution < -0.4 is 4.74 Å². The molecular weight excluding hydrogens is 439 g/mol. The van der Waals surface area contributed by atoms with E-state index in [4.69, 9.17) is 4.74 Å². The Kier molecular flexibility index (Phi) is 7.85.